The topological polar surface area (TPSA) is 85.2 Å². The first-order chi connectivity index (χ1) is 12.5. The summed E-state index contributed by atoms with van der Waals surface area (Å²) in [6, 6.07) is 14.5. The summed E-state index contributed by atoms with van der Waals surface area (Å²) in [6.45, 7) is 2.56. The normalized spacial score (nSPS) is 11.4. The van der Waals surface area contributed by atoms with Crippen molar-refractivity contribution >= 4 is 5.97 Å². The number of aliphatic hydroxyl groups excluding tert-OH is 2. The molecule has 2 aromatic carbocycles. The Bertz CT molecular complexity index is 706. The molecule has 0 spiro atoms. The van der Waals surface area contributed by atoms with Gasteiger partial charge in [0.1, 0.15) is 13.2 Å². The van der Waals surface area contributed by atoms with Crippen molar-refractivity contribution in [3.63, 3.8) is 0 Å². The molecule has 0 saturated carbocycles. The van der Waals surface area contributed by atoms with Crippen LogP contribution >= 0.6 is 0 Å². The van der Waals surface area contributed by atoms with Crippen molar-refractivity contribution in [1.29, 1.82) is 0 Å². The summed E-state index contributed by atoms with van der Waals surface area (Å²) in [5.41, 5.74) is 1.75. The van der Waals surface area contributed by atoms with Gasteiger partial charge >= 0.3 is 5.97 Å². The van der Waals surface area contributed by atoms with Crippen LogP contribution in [0.4, 0.5) is 0 Å². The summed E-state index contributed by atoms with van der Waals surface area (Å²) in [4.78, 5) is 22.4. The van der Waals surface area contributed by atoms with Gasteiger partial charge in [0.2, 0.25) is 0 Å². The Hall–Kier alpha value is -2.25. The molecule has 0 aliphatic carbocycles. The number of aryl methyl sites for hydroxylation is 2. The number of carbonyl (C=O) groups is 1. The van der Waals surface area contributed by atoms with Crippen LogP contribution in [-0.4, -0.2) is 41.6 Å². The third-order valence-electron chi connectivity index (χ3n) is 3.89. The van der Waals surface area contributed by atoms with Crippen LogP contribution in [0.2, 0.25) is 0 Å². The minimum absolute atomic E-state index is 0.195. The molecule has 0 unspecified atom stereocenters. The standard InChI is InChI=1S/C20H24O6/c1-15-6-8-18(9-7-15)19(23)26-20(12-21,13-22)14-25-24-11-17-5-3-4-16(2)10-17/h3-10,21-22H,11-14H2,1-2H3. The van der Waals surface area contributed by atoms with Gasteiger partial charge in [0.05, 0.1) is 18.8 Å². The van der Waals surface area contributed by atoms with E-state index in [2.05, 4.69) is 0 Å². The maximum Gasteiger partial charge on any atom is 0.338 e. The zero-order chi connectivity index (χ0) is 19.0. The molecule has 0 fully saturated rings. The molecule has 0 aliphatic heterocycles. The Balaban J connectivity index is 1.91. The van der Waals surface area contributed by atoms with Crippen LogP contribution < -0.4 is 0 Å². The number of ether oxygens (including phenoxy) is 1. The molecule has 6 heteroatoms. The molecule has 0 radical (unpaired) electrons. The van der Waals surface area contributed by atoms with E-state index < -0.39 is 24.8 Å². The fourth-order valence-corrected chi connectivity index (χ4v) is 2.24. The van der Waals surface area contributed by atoms with Gasteiger partial charge in [0.15, 0.2) is 5.60 Å². The summed E-state index contributed by atoms with van der Waals surface area (Å²) >= 11 is 0. The third-order valence-corrected chi connectivity index (χ3v) is 3.89. The molecule has 0 heterocycles. The monoisotopic (exact) mass is 360 g/mol. The number of esters is 1. The van der Waals surface area contributed by atoms with Crippen LogP contribution in [0.3, 0.4) is 0 Å². The van der Waals surface area contributed by atoms with Gasteiger partial charge in [0, 0.05) is 0 Å². The lowest BCUT2D eigenvalue weighted by atomic mass is 10.1. The van der Waals surface area contributed by atoms with E-state index in [4.69, 9.17) is 14.5 Å². The highest BCUT2D eigenvalue weighted by Gasteiger charge is 2.35. The van der Waals surface area contributed by atoms with Crippen molar-refractivity contribution in [3.8, 4) is 0 Å². The Kier molecular flexibility index (Phi) is 7.29. The van der Waals surface area contributed by atoms with Gasteiger partial charge in [-0.25, -0.2) is 14.6 Å². The maximum atomic E-state index is 12.2. The van der Waals surface area contributed by atoms with Crippen molar-refractivity contribution in [3.05, 3.63) is 70.8 Å². The van der Waals surface area contributed by atoms with E-state index in [0.717, 1.165) is 16.7 Å². The molecular formula is C20H24O6. The first-order valence-electron chi connectivity index (χ1n) is 8.30. The average Bonchev–Trinajstić information content (AvgIpc) is 2.65. The van der Waals surface area contributed by atoms with E-state index in [1.165, 1.54) is 0 Å². The summed E-state index contributed by atoms with van der Waals surface area (Å²) in [6.07, 6.45) is 0. The lowest BCUT2D eigenvalue weighted by molar-refractivity contribution is -0.328. The number of hydrogen-bond donors (Lipinski definition) is 2. The molecule has 2 rings (SSSR count). The summed E-state index contributed by atoms with van der Waals surface area (Å²) < 4.78 is 5.29. The Morgan fingerprint density at radius 2 is 1.65 bits per heavy atom. The van der Waals surface area contributed by atoms with Gasteiger partial charge in [-0.3, -0.25) is 0 Å². The summed E-state index contributed by atoms with van der Waals surface area (Å²) in [5, 5.41) is 19.2. The molecule has 0 bridgehead atoms. The van der Waals surface area contributed by atoms with Crippen LogP contribution in [0, 0.1) is 13.8 Å². The second-order valence-electron chi connectivity index (χ2n) is 6.27. The second-order valence-corrected chi connectivity index (χ2v) is 6.27. The van der Waals surface area contributed by atoms with Crippen LogP contribution in [0.5, 0.6) is 0 Å². The third kappa shape index (κ3) is 5.64. The number of carbonyl (C=O) groups excluding carboxylic acids is 1. The smallest absolute Gasteiger partial charge is 0.338 e. The van der Waals surface area contributed by atoms with Gasteiger partial charge in [-0.15, -0.1) is 0 Å². The van der Waals surface area contributed by atoms with Gasteiger partial charge < -0.3 is 14.9 Å². The minimum atomic E-state index is -1.59. The lowest BCUT2D eigenvalue weighted by Crippen LogP contribution is -2.47. The molecule has 0 aromatic heterocycles. The SMILES string of the molecule is Cc1ccc(C(=O)OC(CO)(CO)COOCc2cccc(C)c2)cc1. The molecular weight excluding hydrogens is 336 g/mol. The van der Waals surface area contributed by atoms with Crippen molar-refractivity contribution in [2.24, 2.45) is 0 Å². The number of aliphatic hydroxyl groups is 2. The van der Waals surface area contributed by atoms with Crippen LogP contribution in [-0.2, 0) is 21.1 Å². The van der Waals surface area contributed by atoms with E-state index in [0.29, 0.717) is 5.56 Å². The first-order valence-corrected chi connectivity index (χ1v) is 8.30. The van der Waals surface area contributed by atoms with Gasteiger partial charge in [-0.1, -0.05) is 47.5 Å². The van der Waals surface area contributed by atoms with Gasteiger partial charge in [0.25, 0.3) is 0 Å². The first kappa shape index (κ1) is 20.1. The molecule has 140 valence electrons. The van der Waals surface area contributed by atoms with Crippen molar-refractivity contribution in [2.45, 2.75) is 26.1 Å². The van der Waals surface area contributed by atoms with Gasteiger partial charge in [-0.05, 0) is 31.5 Å². The van der Waals surface area contributed by atoms with E-state index in [9.17, 15) is 15.0 Å². The zero-order valence-electron chi connectivity index (χ0n) is 15.0. The Labute approximate surface area is 152 Å². The summed E-state index contributed by atoms with van der Waals surface area (Å²) in [7, 11) is 0. The fraction of sp³-hybridized carbons (Fsp3) is 0.350. The highest BCUT2D eigenvalue weighted by molar-refractivity contribution is 5.89. The molecule has 0 amide bonds. The number of benzene rings is 2. The predicted molar refractivity (Wildman–Crippen MR) is 95.4 cm³/mol. The number of hydrogen-bond acceptors (Lipinski definition) is 6. The molecule has 2 aromatic rings. The lowest BCUT2D eigenvalue weighted by Gasteiger charge is -2.28. The molecule has 6 nitrogen and oxygen atoms in total. The molecule has 2 N–H and O–H groups in total. The van der Waals surface area contributed by atoms with Crippen molar-refractivity contribution in [2.75, 3.05) is 19.8 Å². The van der Waals surface area contributed by atoms with Crippen LogP contribution in [0.25, 0.3) is 0 Å². The highest BCUT2D eigenvalue weighted by atomic mass is 17.2. The van der Waals surface area contributed by atoms with Crippen molar-refractivity contribution in [1.82, 2.24) is 0 Å². The van der Waals surface area contributed by atoms with Crippen LogP contribution in [0.1, 0.15) is 27.0 Å². The van der Waals surface area contributed by atoms with E-state index >= 15 is 0 Å². The van der Waals surface area contributed by atoms with Crippen molar-refractivity contribution < 1.29 is 29.5 Å². The van der Waals surface area contributed by atoms with E-state index in [1.807, 2.05) is 38.1 Å². The number of rotatable bonds is 9. The maximum absolute atomic E-state index is 12.2. The van der Waals surface area contributed by atoms with Gasteiger partial charge in [-0.2, -0.15) is 0 Å². The molecule has 0 atom stereocenters. The molecule has 0 saturated heterocycles. The Morgan fingerprint density at radius 3 is 2.27 bits per heavy atom. The minimum Gasteiger partial charge on any atom is -0.448 e. The summed E-state index contributed by atoms with van der Waals surface area (Å²) in [5.74, 6) is -0.657. The fourth-order valence-electron chi connectivity index (χ4n) is 2.24. The quantitative estimate of drug-likeness (QED) is 0.309. The zero-order valence-corrected chi connectivity index (χ0v) is 15.0. The Morgan fingerprint density at radius 1 is 0.962 bits per heavy atom. The second kappa shape index (κ2) is 9.45. The predicted octanol–water partition coefficient (Wildman–Crippen LogP) is 2.33. The molecule has 26 heavy (non-hydrogen) atoms. The largest absolute Gasteiger partial charge is 0.448 e. The van der Waals surface area contributed by atoms with Crippen LogP contribution in [0.15, 0.2) is 48.5 Å². The average molecular weight is 360 g/mol. The van der Waals surface area contributed by atoms with E-state index in [-0.39, 0.29) is 13.2 Å². The highest BCUT2D eigenvalue weighted by Crippen LogP contribution is 2.16. The molecule has 0 aliphatic rings. The van der Waals surface area contributed by atoms with E-state index in [1.54, 1.807) is 24.3 Å².